The maximum Gasteiger partial charge on any atom is 0.233 e. The number of sulfone groups is 1. The number of hydrogen-bond donors (Lipinski definition) is 0. The fraction of sp³-hybridized carbons (Fsp3) is 1.00. The molecular formula is C5H9ClO4S2. The van der Waals surface area contributed by atoms with E-state index in [1.165, 1.54) is 0 Å². The van der Waals surface area contributed by atoms with Crippen LogP contribution in [0.3, 0.4) is 0 Å². The van der Waals surface area contributed by atoms with Crippen LogP contribution in [-0.2, 0) is 18.9 Å². The van der Waals surface area contributed by atoms with Gasteiger partial charge >= 0.3 is 0 Å². The lowest BCUT2D eigenvalue weighted by Crippen LogP contribution is -2.23. The van der Waals surface area contributed by atoms with Crippen LogP contribution >= 0.6 is 10.7 Å². The minimum atomic E-state index is -3.69. The molecule has 0 amide bonds. The fourth-order valence-corrected chi connectivity index (χ4v) is 5.35. The molecule has 4 nitrogen and oxygen atoms in total. The van der Waals surface area contributed by atoms with E-state index in [-0.39, 0.29) is 5.75 Å². The maximum absolute atomic E-state index is 11.1. The zero-order valence-corrected chi connectivity index (χ0v) is 8.62. The molecule has 0 aliphatic carbocycles. The van der Waals surface area contributed by atoms with Gasteiger partial charge in [-0.3, -0.25) is 0 Å². The van der Waals surface area contributed by atoms with E-state index >= 15 is 0 Å². The summed E-state index contributed by atoms with van der Waals surface area (Å²) in [6, 6.07) is 0. The summed E-state index contributed by atoms with van der Waals surface area (Å²) in [5, 5.41) is -0.778. The molecule has 1 heterocycles. The molecule has 1 aliphatic rings. The summed E-state index contributed by atoms with van der Waals surface area (Å²) in [5.41, 5.74) is 0. The molecule has 1 saturated heterocycles. The van der Waals surface area contributed by atoms with Gasteiger partial charge in [0.15, 0.2) is 9.84 Å². The quantitative estimate of drug-likeness (QED) is 0.635. The molecule has 12 heavy (non-hydrogen) atoms. The molecule has 0 aromatic rings. The zero-order valence-electron chi connectivity index (χ0n) is 6.23. The summed E-state index contributed by atoms with van der Waals surface area (Å²) in [4.78, 5) is 0. The molecule has 1 fully saturated rings. The first-order valence-corrected chi connectivity index (χ1v) is 7.64. The molecular weight excluding hydrogens is 224 g/mol. The van der Waals surface area contributed by atoms with E-state index in [4.69, 9.17) is 10.7 Å². The molecule has 0 unspecified atom stereocenters. The minimum Gasteiger partial charge on any atom is -0.229 e. The van der Waals surface area contributed by atoms with Crippen LogP contribution in [0.2, 0.25) is 0 Å². The van der Waals surface area contributed by atoms with Crippen LogP contribution < -0.4 is 0 Å². The molecule has 7 heteroatoms. The highest BCUT2D eigenvalue weighted by molar-refractivity contribution is 8.14. The van der Waals surface area contributed by atoms with Gasteiger partial charge in [-0.2, -0.15) is 0 Å². The van der Waals surface area contributed by atoms with Crippen molar-refractivity contribution in [3.63, 3.8) is 0 Å². The lowest BCUT2D eigenvalue weighted by molar-refractivity contribution is 0.586. The van der Waals surface area contributed by atoms with Gasteiger partial charge in [-0.25, -0.2) is 16.8 Å². The zero-order chi connectivity index (χ0) is 9.41. The maximum atomic E-state index is 11.1. The highest BCUT2D eigenvalue weighted by atomic mass is 35.7. The average molecular weight is 233 g/mol. The Kier molecular flexibility index (Phi) is 2.70. The lowest BCUT2D eigenvalue weighted by atomic mass is 10.3. The Morgan fingerprint density at radius 1 is 1.42 bits per heavy atom. The summed E-state index contributed by atoms with van der Waals surface area (Å²) in [6.07, 6.45) is 0.952. The van der Waals surface area contributed by atoms with Crippen LogP contribution in [0.25, 0.3) is 0 Å². The summed E-state index contributed by atoms with van der Waals surface area (Å²) in [6.45, 7) is 0. The van der Waals surface area contributed by atoms with Gasteiger partial charge in [0.2, 0.25) is 9.05 Å². The SMILES string of the molecule is O=S(=O)(Cl)C[C@H]1CCCS1(=O)=O. The molecule has 0 N–H and O–H groups in total. The van der Waals surface area contributed by atoms with Crippen LogP contribution in [0, 0.1) is 0 Å². The molecule has 1 aliphatic heterocycles. The largest absolute Gasteiger partial charge is 0.233 e. The fourth-order valence-electron chi connectivity index (χ4n) is 1.27. The van der Waals surface area contributed by atoms with Gasteiger partial charge in [0.1, 0.15) is 0 Å². The molecule has 0 aromatic carbocycles. The van der Waals surface area contributed by atoms with Crippen molar-refractivity contribution in [2.45, 2.75) is 18.1 Å². The highest BCUT2D eigenvalue weighted by Gasteiger charge is 2.34. The molecule has 0 saturated carbocycles. The van der Waals surface area contributed by atoms with Crippen LogP contribution in [0.1, 0.15) is 12.8 Å². The molecule has 0 spiro atoms. The van der Waals surface area contributed by atoms with E-state index in [2.05, 4.69) is 0 Å². The Bertz CT molecular complexity index is 355. The average Bonchev–Trinajstić information content (AvgIpc) is 2.07. The first-order valence-electron chi connectivity index (χ1n) is 3.45. The molecule has 1 atom stereocenters. The van der Waals surface area contributed by atoms with Crippen molar-refractivity contribution in [2.24, 2.45) is 0 Å². The first-order chi connectivity index (χ1) is 5.31. The number of halogens is 1. The summed E-state index contributed by atoms with van der Waals surface area (Å²) >= 11 is 0. The molecule has 1 rings (SSSR count). The second kappa shape index (κ2) is 3.16. The second-order valence-electron chi connectivity index (χ2n) is 2.84. The van der Waals surface area contributed by atoms with Gasteiger partial charge in [-0.15, -0.1) is 0 Å². The predicted octanol–water partition coefficient (Wildman–Crippen LogP) is 0.132. The molecule has 0 aromatic heterocycles. The standard InChI is InChI=1S/C5H9ClO4S2/c6-12(9,10)4-5-2-1-3-11(5,7)8/h5H,1-4H2/t5-/m1/s1. The number of hydrogen-bond acceptors (Lipinski definition) is 4. The van der Waals surface area contributed by atoms with Crippen molar-refractivity contribution >= 4 is 29.6 Å². The van der Waals surface area contributed by atoms with Crippen molar-refractivity contribution in [3.8, 4) is 0 Å². The van der Waals surface area contributed by atoms with Gasteiger partial charge in [-0.05, 0) is 12.8 Å². The molecule has 72 valence electrons. The Hall–Kier alpha value is 0.190. The van der Waals surface area contributed by atoms with Crippen molar-refractivity contribution < 1.29 is 16.8 Å². The van der Waals surface area contributed by atoms with Gasteiger partial charge in [0.25, 0.3) is 0 Å². The highest BCUT2D eigenvalue weighted by Crippen LogP contribution is 2.22. The molecule has 0 bridgehead atoms. The van der Waals surface area contributed by atoms with E-state index in [0.717, 1.165) is 0 Å². The Labute approximate surface area is 76.3 Å². The van der Waals surface area contributed by atoms with Crippen LogP contribution in [0.4, 0.5) is 0 Å². The Balaban J connectivity index is 2.79. The Morgan fingerprint density at radius 3 is 2.33 bits per heavy atom. The van der Waals surface area contributed by atoms with Crippen molar-refractivity contribution in [1.82, 2.24) is 0 Å². The van der Waals surface area contributed by atoms with Crippen molar-refractivity contribution in [2.75, 3.05) is 11.5 Å². The first kappa shape index (κ1) is 10.3. The third-order valence-electron chi connectivity index (χ3n) is 1.85. The third-order valence-corrected chi connectivity index (χ3v) is 5.51. The van der Waals surface area contributed by atoms with Gasteiger partial charge < -0.3 is 0 Å². The lowest BCUT2D eigenvalue weighted by Gasteiger charge is -2.04. The van der Waals surface area contributed by atoms with Crippen LogP contribution in [-0.4, -0.2) is 33.6 Å². The van der Waals surface area contributed by atoms with Gasteiger partial charge in [0, 0.05) is 10.7 Å². The smallest absolute Gasteiger partial charge is 0.229 e. The van der Waals surface area contributed by atoms with E-state index in [0.29, 0.717) is 12.8 Å². The van der Waals surface area contributed by atoms with Crippen molar-refractivity contribution in [1.29, 1.82) is 0 Å². The minimum absolute atomic E-state index is 0.0874. The number of rotatable bonds is 2. The molecule has 0 radical (unpaired) electrons. The topological polar surface area (TPSA) is 68.3 Å². The van der Waals surface area contributed by atoms with Crippen molar-refractivity contribution in [3.05, 3.63) is 0 Å². The summed E-state index contributed by atoms with van der Waals surface area (Å²) in [5.74, 6) is -0.360. The predicted molar refractivity (Wildman–Crippen MR) is 46.4 cm³/mol. The summed E-state index contributed by atoms with van der Waals surface area (Å²) in [7, 11) is -1.92. The van der Waals surface area contributed by atoms with E-state index in [1.54, 1.807) is 0 Å². The van der Waals surface area contributed by atoms with Crippen LogP contribution in [0.5, 0.6) is 0 Å². The van der Waals surface area contributed by atoms with E-state index < -0.39 is 29.9 Å². The monoisotopic (exact) mass is 232 g/mol. The van der Waals surface area contributed by atoms with Crippen LogP contribution in [0.15, 0.2) is 0 Å². The second-order valence-corrected chi connectivity index (χ2v) is 8.06. The summed E-state index contributed by atoms with van der Waals surface area (Å²) < 4.78 is 43.4. The Morgan fingerprint density at radius 2 is 2.00 bits per heavy atom. The third kappa shape index (κ3) is 2.60. The van der Waals surface area contributed by atoms with Gasteiger partial charge in [0.05, 0.1) is 16.8 Å². The van der Waals surface area contributed by atoms with E-state index in [9.17, 15) is 16.8 Å². The van der Waals surface area contributed by atoms with E-state index in [1.807, 2.05) is 0 Å². The van der Waals surface area contributed by atoms with Gasteiger partial charge in [-0.1, -0.05) is 0 Å². The normalized spacial score (nSPS) is 28.9.